The van der Waals surface area contributed by atoms with Crippen molar-refractivity contribution >= 4 is 29.9 Å². The SMILES string of the molecule is CCNC(=NCc1ccon1)N1CC(C)(C)C1(C)C.I. The van der Waals surface area contributed by atoms with Gasteiger partial charge in [0.05, 0.1) is 6.54 Å². The van der Waals surface area contributed by atoms with Crippen molar-refractivity contribution in [3.05, 3.63) is 18.0 Å². The van der Waals surface area contributed by atoms with Crippen molar-refractivity contribution in [3.63, 3.8) is 0 Å². The topological polar surface area (TPSA) is 53.7 Å². The molecular weight excluding hydrogens is 367 g/mol. The predicted molar refractivity (Wildman–Crippen MR) is 91.3 cm³/mol. The van der Waals surface area contributed by atoms with Gasteiger partial charge < -0.3 is 14.7 Å². The molecule has 1 fully saturated rings. The second-order valence-corrected chi connectivity index (χ2v) is 6.19. The van der Waals surface area contributed by atoms with Crippen molar-refractivity contribution in [3.8, 4) is 0 Å². The molecule has 1 aliphatic heterocycles. The summed E-state index contributed by atoms with van der Waals surface area (Å²) in [5.74, 6) is 0.954. The molecule has 0 bridgehead atoms. The molecule has 0 spiro atoms. The van der Waals surface area contributed by atoms with Crippen molar-refractivity contribution < 1.29 is 4.52 Å². The smallest absolute Gasteiger partial charge is 0.194 e. The van der Waals surface area contributed by atoms with Crippen LogP contribution in [-0.4, -0.2) is 34.6 Å². The van der Waals surface area contributed by atoms with E-state index in [1.807, 2.05) is 6.07 Å². The van der Waals surface area contributed by atoms with Crippen LogP contribution in [0.25, 0.3) is 0 Å². The Morgan fingerprint density at radius 3 is 2.60 bits per heavy atom. The predicted octanol–water partition coefficient (Wildman–Crippen LogP) is 2.88. The first kappa shape index (κ1) is 17.3. The Morgan fingerprint density at radius 1 is 1.45 bits per heavy atom. The van der Waals surface area contributed by atoms with Gasteiger partial charge in [0.2, 0.25) is 0 Å². The van der Waals surface area contributed by atoms with E-state index in [9.17, 15) is 0 Å². The van der Waals surface area contributed by atoms with E-state index in [2.05, 4.69) is 55.0 Å². The summed E-state index contributed by atoms with van der Waals surface area (Å²) >= 11 is 0. The highest BCUT2D eigenvalue weighted by Gasteiger charge is 2.53. The largest absolute Gasteiger partial charge is 0.364 e. The van der Waals surface area contributed by atoms with Crippen molar-refractivity contribution in [2.75, 3.05) is 13.1 Å². The number of hydrogen-bond donors (Lipinski definition) is 1. The van der Waals surface area contributed by atoms with E-state index in [0.717, 1.165) is 24.7 Å². The number of likely N-dealkylation sites (tertiary alicyclic amines) is 1. The fourth-order valence-corrected chi connectivity index (χ4v) is 2.27. The Morgan fingerprint density at radius 2 is 2.15 bits per heavy atom. The van der Waals surface area contributed by atoms with Gasteiger partial charge in [-0.1, -0.05) is 19.0 Å². The van der Waals surface area contributed by atoms with E-state index in [-0.39, 0.29) is 29.5 Å². The van der Waals surface area contributed by atoms with Crippen LogP contribution in [0.4, 0.5) is 0 Å². The molecule has 6 heteroatoms. The summed E-state index contributed by atoms with van der Waals surface area (Å²) in [6.45, 7) is 13.6. The summed E-state index contributed by atoms with van der Waals surface area (Å²) in [5.41, 5.74) is 1.27. The molecular formula is C14H25IN4O. The average molecular weight is 392 g/mol. The molecule has 2 rings (SSSR count). The molecule has 1 aliphatic rings. The van der Waals surface area contributed by atoms with Gasteiger partial charge >= 0.3 is 0 Å². The summed E-state index contributed by atoms with van der Waals surface area (Å²) in [4.78, 5) is 6.98. The highest BCUT2D eigenvalue weighted by atomic mass is 127. The standard InChI is InChI=1S/C14H24N4O.HI/c1-6-15-12(16-9-11-7-8-19-17-11)18-10-13(2,3)14(18,4)5;/h7-8H,6,9-10H2,1-5H3,(H,15,16);1H. The molecule has 1 aromatic rings. The molecule has 0 radical (unpaired) electrons. The molecule has 20 heavy (non-hydrogen) atoms. The van der Waals surface area contributed by atoms with Gasteiger partial charge in [0.15, 0.2) is 5.96 Å². The summed E-state index contributed by atoms with van der Waals surface area (Å²) in [7, 11) is 0. The van der Waals surface area contributed by atoms with Gasteiger partial charge in [-0.2, -0.15) is 0 Å². The first-order valence-electron chi connectivity index (χ1n) is 6.83. The third kappa shape index (κ3) is 3.10. The quantitative estimate of drug-likeness (QED) is 0.488. The summed E-state index contributed by atoms with van der Waals surface area (Å²) in [6.07, 6.45) is 1.58. The van der Waals surface area contributed by atoms with Crippen LogP contribution >= 0.6 is 24.0 Å². The number of aromatic nitrogens is 1. The van der Waals surface area contributed by atoms with E-state index < -0.39 is 0 Å². The second kappa shape index (κ2) is 6.32. The first-order chi connectivity index (χ1) is 8.88. The average Bonchev–Trinajstić information content (AvgIpc) is 2.85. The maximum atomic E-state index is 4.83. The van der Waals surface area contributed by atoms with Crippen LogP contribution in [-0.2, 0) is 6.54 Å². The summed E-state index contributed by atoms with van der Waals surface area (Å²) in [5, 5.41) is 7.25. The van der Waals surface area contributed by atoms with E-state index in [0.29, 0.717) is 12.0 Å². The van der Waals surface area contributed by atoms with Crippen molar-refractivity contribution in [1.82, 2.24) is 15.4 Å². The highest BCUT2D eigenvalue weighted by Crippen LogP contribution is 2.46. The minimum atomic E-state index is 0. The second-order valence-electron chi connectivity index (χ2n) is 6.19. The Labute approximate surface area is 138 Å². The fraction of sp³-hybridized carbons (Fsp3) is 0.714. The highest BCUT2D eigenvalue weighted by molar-refractivity contribution is 14.0. The Bertz CT molecular complexity index is 454. The van der Waals surface area contributed by atoms with E-state index in [1.165, 1.54) is 0 Å². The van der Waals surface area contributed by atoms with Gasteiger partial charge in [-0.25, -0.2) is 4.99 Å². The number of halogens is 1. The lowest BCUT2D eigenvalue weighted by molar-refractivity contribution is -0.0667. The van der Waals surface area contributed by atoms with Crippen LogP contribution < -0.4 is 5.32 Å². The van der Waals surface area contributed by atoms with Crippen LogP contribution in [0.3, 0.4) is 0 Å². The maximum absolute atomic E-state index is 4.83. The summed E-state index contributed by atoms with van der Waals surface area (Å²) in [6, 6.07) is 1.85. The molecule has 1 saturated heterocycles. The first-order valence-corrected chi connectivity index (χ1v) is 6.83. The number of hydrogen-bond acceptors (Lipinski definition) is 3. The monoisotopic (exact) mass is 392 g/mol. The number of nitrogens with zero attached hydrogens (tertiary/aromatic N) is 3. The Kier molecular flexibility index (Phi) is 5.46. The van der Waals surface area contributed by atoms with E-state index in [1.54, 1.807) is 6.26 Å². The minimum Gasteiger partial charge on any atom is -0.364 e. The van der Waals surface area contributed by atoms with Crippen LogP contribution in [0.1, 0.15) is 40.3 Å². The van der Waals surface area contributed by atoms with Crippen LogP contribution in [0.15, 0.2) is 21.8 Å². The molecule has 2 heterocycles. The van der Waals surface area contributed by atoms with Crippen LogP contribution in [0.2, 0.25) is 0 Å². The van der Waals surface area contributed by atoms with E-state index in [4.69, 9.17) is 4.52 Å². The van der Waals surface area contributed by atoms with Crippen molar-refractivity contribution in [1.29, 1.82) is 0 Å². The van der Waals surface area contributed by atoms with Crippen molar-refractivity contribution in [2.45, 2.75) is 46.7 Å². The van der Waals surface area contributed by atoms with Gasteiger partial charge in [0.25, 0.3) is 0 Å². The maximum Gasteiger partial charge on any atom is 0.194 e. The third-order valence-corrected chi connectivity index (χ3v) is 4.36. The number of aliphatic imine (C=N–C) groups is 1. The lowest BCUT2D eigenvalue weighted by Gasteiger charge is -2.62. The lowest BCUT2D eigenvalue weighted by Crippen LogP contribution is -2.72. The van der Waals surface area contributed by atoms with Crippen LogP contribution in [0, 0.1) is 5.41 Å². The van der Waals surface area contributed by atoms with Crippen LogP contribution in [0.5, 0.6) is 0 Å². The fourth-order valence-electron chi connectivity index (χ4n) is 2.27. The molecule has 0 amide bonds. The number of nitrogens with one attached hydrogen (secondary N) is 1. The Hall–Kier alpha value is -0.790. The zero-order chi connectivity index (χ0) is 14.1. The lowest BCUT2D eigenvalue weighted by atomic mass is 9.65. The zero-order valence-electron chi connectivity index (χ0n) is 12.9. The molecule has 5 nitrogen and oxygen atoms in total. The molecule has 0 aromatic carbocycles. The molecule has 1 N–H and O–H groups in total. The molecule has 1 aromatic heterocycles. The van der Waals surface area contributed by atoms with Gasteiger partial charge in [-0.15, -0.1) is 24.0 Å². The molecule has 0 unspecified atom stereocenters. The van der Waals surface area contributed by atoms with Gasteiger partial charge in [0.1, 0.15) is 12.0 Å². The minimum absolute atomic E-state index is 0. The van der Waals surface area contributed by atoms with Crippen molar-refractivity contribution in [2.24, 2.45) is 10.4 Å². The zero-order valence-corrected chi connectivity index (χ0v) is 15.3. The van der Waals surface area contributed by atoms with Gasteiger partial charge in [-0.3, -0.25) is 0 Å². The summed E-state index contributed by atoms with van der Waals surface area (Å²) < 4.78 is 4.83. The van der Waals surface area contributed by atoms with Gasteiger partial charge in [-0.05, 0) is 20.8 Å². The molecule has 0 atom stereocenters. The number of rotatable bonds is 3. The molecule has 0 saturated carbocycles. The van der Waals surface area contributed by atoms with E-state index >= 15 is 0 Å². The third-order valence-electron chi connectivity index (χ3n) is 4.36. The molecule has 0 aliphatic carbocycles. The van der Waals surface area contributed by atoms with Gasteiger partial charge in [0, 0.05) is 30.1 Å². The molecule has 114 valence electrons. The Balaban J connectivity index is 0.00000200. The normalized spacial score (nSPS) is 20.1. The number of guanidine groups is 1.